The highest BCUT2D eigenvalue weighted by Crippen LogP contribution is 2.39. The van der Waals surface area contributed by atoms with E-state index in [0.29, 0.717) is 0 Å². The third kappa shape index (κ3) is 3.22. The van der Waals surface area contributed by atoms with Crippen molar-refractivity contribution in [1.29, 1.82) is 0 Å². The number of hydrogen-bond acceptors (Lipinski definition) is 8. The summed E-state index contributed by atoms with van der Waals surface area (Å²) in [4.78, 5) is 37.7. The van der Waals surface area contributed by atoms with Crippen molar-refractivity contribution in [3.05, 3.63) is 80.0 Å². The first-order valence-electron chi connectivity index (χ1n) is 8.77. The summed E-state index contributed by atoms with van der Waals surface area (Å²) in [6, 6.07) is 5.75. The number of aliphatic hydroxyl groups excluding tert-OH is 1. The highest BCUT2D eigenvalue weighted by atomic mass is 19.1. The Labute approximate surface area is 170 Å². The lowest BCUT2D eigenvalue weighted by Crippen LogP contribution is -2.28. The smallest absolute Gasteiger partial charge is 0.344 e. The van der Waals surface area contributed by atoms with Gasteiger partial charge in [0, 0.05) is 0 Å². The van der Waals surface area contributed by atoms with E-state index in [9.17, 15) is 38.5 Å². The van der Waals surface area contributed by atoms with Crippen molar-refractivity contribution in [2.75, 3.05) is 6.61 Å². The van der Waals surface area contributed by atoms with Gasteiger partial charge in [0.05, 0.1) is 27.8 Å². The van der Waals surface area contributed by atoms with Gasteiger partial charge in [0.1, 0.15) is 40.9 Å². The Morgan fingerprint density at radius 2 is 1.26 bits per heavy atom. The minimum atomic E-state index is -2.04. The summed E-state index contributed by atoms with van der Waals surface area (Å²) in [7, 11) is 0. The molecule has 0 fully saturated rings. The molecule has 0 saturated heterocycles. The molecule has 4 aromatic rings. The summed E-state index contributed by atoms with van der Waals surface area (Å²) in [5.74, 6) is -6.60. The van der Waals surface area contributed by atoms with Crippen LogP contribution in [0.2, 0.25) is 0 Å². The zero-order valence-corrected chi connectivity index (χ0v) is 15.4. The Morgan fingerprint density at radius 1 is 0.839 bits per heavy atom. The highest BCUT2D eigenvalue weighted by Gasteiger charge is 2.35. The van der Waals surface area contributed by atoms with E-state index in [1.807, 2.05) is 0 Å². The van der Waals surface area contributed by atoms with Crippen LogP contribution < -0.4 is 11.3 Å². The number of benzene rings is 2. The molecule has 4 rings (SSSR count). The number of rotatable bonds is 4. The van der Waals surface area contributed by atoms with E-state index in [-0.39, 0.29) is 21.9 Å². The topological polar surface area (TPSA) is 138 Å². The first-order chi connectivity index (χ1) is 14.7. The van der Waals surface area contributed by atoms with Crippen molar-refractivity contribution >= 4 is 27.7 Å². The lowest BCUT2D eigenvalue weighted by molar-refractivity contribution is -0.122. The first-order valence-corrected chi connectivity index (χ1v) is 8.77. The lowest BCUT2D eigenvalue weighted by atomic mass is 9.87. The molecule has 0 amide bonds. The van der Waals surface area contributed by atoms with Gasteiger partial charge in [0.25, 0.3) is 0 Å². The van der Waals surface area contributed by atoms with Crippen molar-refractivity contribution in [2.45, 2.75) is 5.92 Å². The third-order valence-electron chi connectivity index (χ3n) is 4.80. The Hall–Kier alpha value is -4.05. The molecule has 0 unspecified atom stereocenters. The molecule has 10 heteroatoms. The van der Waals surface area contributed by atoms with E-state index in [2.05, 4.69) is 0 Å². The van der Waals surface area contributed by atoms with Gasteiger partial charge in [-0.05, 0) is 36.4 Å². The second-order valence-electron chi connectivity index (χ2n) is 6.64. The molecular weight excluding hydrogens is 418 g/mol. The summed E-state index contributed by atoms with van der Waals surface area (Å²) >= 11 is 0. The zero-order chi connectivity index (χ0) is 22.4. The largest absolute Gasteiger partial charge is 0.507 e. The fourth-order valence-corrected chi connectivity index (χ4v) is 3.41. The molecule has 0 saturated carbocycles. The molecule has 31 heavy (non-hydrogen) atoms. The summed E-state index contributed by atoms with van der Waals surface area (Å²) in [5, 5.41) is 30.1. The second-order valence-corrected chi connectivity index (χ2v) is 6.64. The third-order valence-corrected chi connectivity index (χ3v) is 4.80. The van der Waals surface area contributed by atoms with E-state index in [1.165, 1.54) is 0 Å². The van der Waals surface area contributed by atoms with Crippen LogP contribution in [0.1, 0.15) is 17.0 Å². The number of hydrogen-bond donors (Lipinski definition) is 3. The van der Waals surface area contributed by atoms with Gasteiger partial charge in [0.2, 0.25) is 0 Å². The quantitative estimate of drug-likeness (QED) is 0.419. The predicted octanol–water partition coefficient (Wildman–Crippen LogP) is 2.28. The molecule has 2 aromatic heterocycles. The van der Waals surface area contributed by atoms with Gasteiger partial charge in [-0.2, -0.15) is 0 Å². The standard InChI is InChI=1S/C21H12F2O8/c22-8-1-3-13-10(5-8)18(26)16(20(28)30-13)15(12(25)7-24)17-19(27)11-6-9(23)2-4-14(11)31-21(17)29/h1-6,15,24,26-27H,7H2. The van der Waals surface area contributed by atoms with Gasteiger partial charge in [-0.25, -0.2) is 18.4 Å². The molecule has 158 valence electrons. The summed E-state index contributed by atoms with van der Waals surface area (Å²) < 4.78 is 37.4. The highest BCUT2D eigenvalue weighted by molar-refractivity contribution is 5.95. The molecule has 0 aliphatic rings. The fourth-order valence-electron chi connectivity index (χ4n) is 3.41. The van der Waals surface area contributed by atoms with Crippen LogP contribution in [0.25, 0.3) is 21.9 Å². The predicted molar refractivity (Wildman–Crippen MR) is 102 cm³/mol. The van der Waals surface area contributed by atoms with Crippen molar-refractivity contribution in [2.24, 2.45) is 0 Å². The number of aliphatic hydroxyl groups is 1. The normalized spacial score (nSPS) is 11.5. The maximum atomic E-state index is 13.7. The van der Waals surface area contributed by atoms with Gasteiger partial charge in [-0.3, -0.25) is 4.79 Å². The number of ketones is 1. The molecule has 0 radical (unpaired) electrons. The average molecular weight is 430 g/mol. The molecule has 2 heterocycles. The fraction of sp³-hybridized carbons (Fsp3) is 0.0952. The van der Waals surface area contributed by atoms with Crippen LogP contribution in [0.4, 0.5) is 8.78 Å². The molecule has 8 nitrogen and oxygen atoms in total. The maximum absolute atomic E-state index is 13.7. The number of carbonyl (C=O) groups excluding carboxylic acids is 1. The SMILES string of the molecule is O=C(CO)C(c1c(O)c2cc(F)ccc2oc1=O)c1c(O)c2cc(F)ccc2oc1=O. The minimum Gasteiger partial charge on any atom is -0.507 e. The van der Waals surface area contributed by atoms with Crippen LogP contribution in [0.3, 0.4) is 0 Å². The van der Waals surface area contributed by atoms with E-state index < -0.39 is 63.8 Å². The summed E-state index contributed by atoms with van der Waals surface area (Å²) in [5.41, 5.74) is -4.62. The van der Waals surface area contributed by atoms with E-state index in [1.54, 1.807) is 0 Å². The van der Waals surface area contributed by atoms with Crippen LogP contribution in [0.15, 0.2) is 54.8 Å². The van der Waals surface area contributed by atoms with Crippen LogP contribution >= 0.6 is 0 Å². The first kappa shape index (κ1) is 20.2. The van der Waals surface area contributed by atoms with Crippen LogP contribution in [0, 0.1) is 11.6 Å². The number of Topliss-reactive ketones (excluding diaryl/α,β-unsaturated/α-hetero) is 1. The Morgan fingerprint density at radius 3 is 1.65 bits per heavy atom. The second kappa shape index (κ2) is 7.33. The molecule has 0 bridgehead atoms. The van der Waals surface area contributed by atoms with Crippen molar-refractivity contribution in [3.63, 3.8) is 0 Å². The van der Waals surface area contributed by atoms with E-state index >= 15 is 0 Å². The molecular formula is C21H12F2O8. The average Bonchev–Trinajstić information content (AvgIpc) is 2.73. The van der Waals surface area contributed by atoms with Gasteiger partial charge in [-0.1, -0.05) is 0 Å². The van der Waals surface area contributed by atoms with Crippen molar-refractivity contribution in [1.82, 2.24) is 0 Å². The number of halogens is 2. The van der Waals surface area contributed by atoms with Crippen LogP contribution in [0.5, 0.6) is 11.5 Å². The van der Waals surface area contributed by atoms with Gasteiger partial charge >= 0.3 is 11.3 Å². The number of aromatic hydroxyl groups is 2. The summed E-state index contributed by atoms with van der Waals surface area (Å²) in [6.07, 6.45) is 0. The van der Waals surface area contributed by atoms with E-state index in [0.717, 1.165) is 36.4 Å². The molecule has 0 spiro atoms. The lowest BCUT2D eigenvalue weighted by Gasteiger charge is -2.17. The zero-order valence-electron chi connectivity index (χ0n) is 15.4. The number of carbonyl (C=O) groups is 1. The number of fused-ring (bicyclic) bond motifs is 2. The van der Waals surface area contributed by atoms with Gasteiger partial charge in [-0.15, -0.1) is 0 Å². The van der Waals surface area contributed by atoms with Crippen molar-refractivity contribution < 1.29 is 37.7 Å². The molecule has 0 atom stereocenters. The molecule has 2 aromatic carbocycles. The minimum absolute atomic E-state index is 0.209. The van der Waals surface area contributed by atoms with Crippen molar-refractivity contribution in [3.8, 4) is 11.5 Å². The Bertz CT molecular complexity index is 1380. The van der Waals surface area contributed by atoms with Gasteiger partial charge < -0.3 is 24.2 Å². The Kier molecular flexibility index (Phi) is 4.78. The Balaban J connectivity index is 2.11. The monoisotopic (exact) mass is 430 g/mol. The summed E-state index contributed by atoms with van der Waals surface area (Å²) in [6.45, 7) is -1.20. The van der Waals surface area contributed by atoms with E-state index in [4.69, 9.17) is 8.83 Å². The van der Waals surface area contributed by atoms with Crippen LogP contribution in [-0.4, -0.2) is 27.7 Å². The molecule has 0 aliphatic heterocycles. The molecule has 0 aliphatic carbocycles. The molecule has 3 N–H and O–H groups in total. The maximum Gasteiger partial charge on any atom is 0.344 e. The van der Waals surface area contributed by atoms with Crippen LogP contribution in [-0.2, 0) is 4.79 Å². The van der Waals surface area contributed by atoms with Gasteiger partial charge in [0.15, 0.2) is 5.78 Å².